The van der Waals surface area contributed by atoms with Gasteiger partial charge in [0.25, 0.3) is 5.69 Å². The maximum absolute atomic E-state index is 10.7. The highest BCUT2D eigenvalue weighted by Crippen LogP contribution is 2.29. The summed E-state index contributed by atoms with van der Waals surface area (Å²) in [5.74, 6) is 0. The lowest BCUT2D eigenvalue weighted by Gasteiger charge is -2.37. The predicted octanol–water partition coefficient (Wildman–Crippen LogP) is 2.52. The van der Waals surface area contributed by atoms with E-state index in [0.717, 1.165) is 12.1 Å². The quantitative estimate of drug-likeness (QED) is 0.694. The number of fused-ring (bicyclic) bond motifs is 1. The van der Waals surface area contributed by atoms with Crippen molar-refractivity contribution < 1.29 is 10.0 Å². The van der Waals surface area contributed by atoms with Crippen molar-refractivity contribution in [1.82, 2.24) is 0 Å². The number of hydrogen-bond donors (Lipinski definition) is 1. The summed E-state index contributed by atoms with van der Waals surface area (Å²) in [4.78, 5) is 12.4. The number of anilines is 1. The number of nitro groups is 1. The molecule has 0 saturated carbocycles. The van der Waals surface area contributed by atoms with Crippen LogP contribution in [-0.2, 0) is 13.0 Å². The van der Waals surface area contributed by atoms with E-state index in [0.29, 0.717) is 6.54 Å². The monoisotopic (exact) mass is 284 g/mol. The van der Waals surface area contributed by atoms with Crippen LogP contribution in [-0.4, -0.2) is 22.7 Å². The summed E-state index contributed by atoms with van der Waals surface area (Å²) >= 11 is 0. The smallest absolute Gasteiger partial charge is 0.269 e. The third-order valence-corrected chi connectivity index (χ3v) is 3.96. The van der Waals surface area contributed by atoms with Gasteiger partial charge in [-0.05, 0) is 29.7 Å². The molecule has 1 heterocycles. The largest absolute Gasteiger partial charge is 0.394 e. The number of benzene rings is 2. The van der Waals surface area contributed by atoms with Crippen LogP contribution in [0.25, 0.3) is 0 Å². The Balaban J connectivity index is 1.91. The molecule has 1 atom stereocenters. The number of aliphatic hydroxyl groups excluding tert-OH is 1. The Kier molecular flexibility index (Phi) is 3.58. The molecule has 1 aliphatic rings. The first-order valence-corrected chi connectivity index (χ1v) is 6.88. The third-order valence-electron chi connectivity index (χ3n) is 3.96. The van der Waals surface area contributed by atoms with Crippen molar-refractivity contribution in [3.63, 3.8) is 0 Å². The molecule has 5 heteroatoms. The Morgan fingerprint density at radius 3 is 2.43 bits per heavy atom. The lowest BCUT2D eigenvalue weighted by atomic mass is 9.94. The van der Waals surface area contributed by atoms with Crippen molar-refractivity contribution in [2.24, 2.45) is 0 Å². The molecule has 2 aromatic rings. The Bertz CT molecular complexity index is 655. The van der Waals surface area contributed by atoms with E-state index in [9.17, 15) is 15.2 Å². The van der Waals surface area contributed by atoms with Crippen LogP contribution in [0.5, 0.6) is 0 Å². The molecular formula is C16H16N2O3. The summed E-state index contributed by atoms with van der Waals surface area (Å²) in [6, 6.07) is 14.7. The maximum Gasteiger partial charge on any atom is 0.269 e. The van der Waals surface area contributed by atoms with E-state index >= 15 is 0 Å². The van der Waals surface area contributed by atoms with Crippen LogP contribution < -0.4 is 4.90 Å². The number of nitrogens with zero attached hydrogens (tertiary/aromatic N) is 2. The highest BCUT2D eigenvalue weighted by Gasteiger charge is 2.25. The number of aliphatic hydroxyl groups is 1. The molecule has 2 aromatic carbocycles. The topological polar surface area (TPSA) is 66.6 Å². The van der Waals surface area contributed by atoms with E-state index in [2.05, 4.69) is 17.0 Å². The Labute approximate surface area is 122 Å². The molecule has 1 N–H and O–H groups in total. The third kappa shape index (κ3) is 2.60. The van der Waals surface area contributed by atoms with Crippen LogP contribution in [0.2, 0.25) is 0 Å². The van der Waals surface area contributed by atoms with Gasteiger partial charge in [-0.15, -0.1) is 0 Å². The Morgan fingerprint density at radius 2 is 1.81 bits per heavy atom. The van der Waals surface area contributed by atoms with Gasteiger partial charge in [-0.25, -0.2) is 0 Å². The van der Waals surface area contributed by atoms with Crippen molar-refractivity contribution in [1.29, 1.82) is 0 Å². The van der Waals surface area contributed by atoms with Crippen molar-refractivity contribution in [2.75, 3.05) is 11.5 Å². The second-order valence-corrected chi connectivity index (χ2v) is 5.21. The minimum absolute atomic E-state index is 0.00126. The minimum Gasteiger partial charge on any atom is -0.394 e. The molecule has 0 aliphatic carbocycles. The maximum atomic E-state index is 10.7. The standard InChI is InChI=1S/C16H16N2O3/c19-11-16-9-12-3-1-2-4-13(12)10-17(16)14-5-7-15(8-6-14)18(20)21/h1-8,16,19H,9-11H2. The average Bonchev–Trinajstić information content (AvgIpc) is 2.53. The summed E-state index contributed by atoms with van der Waals surface area (Å²) in [6.45, 7) is 0.768. The second kappa shape index (κ2) is 5.54. The molecule has 0 saturated heterocycles. The fraction of sp³-hybridized carbons (Fsp3) is 0.250. The van der Waals surface area contributed by atoms with Gasteiger partial charge >= 0.3 is 0 Å². The summed E-state index contributed by atoms with van der Waals surface area (Å²) in [5.41, 5.74) is 3.47. The normalized spacial score (nSPS) is 17.4. The van der Waals surface area contributed by atoms with E-state index in [1.807, 2.05) is 12.1 Å². The average molecular weight is 284 g/mol. The molecule has 0 aromatic heterocycles. The van der Waals surface area contributed by atoms with Gasteiger partial charge < -0.3 is 10.0 Å². The van der Waals surface area contributed by atoms with E-state index in [1.54, 1.807) is 12.1 Å². The lowest BCUT2D eigenvalue weighted by molar-refractivity contribution is -0.384. The van der Waals surface area contributed by atoms with E-state index in [-0.39, 0.29) is 18.3 Å². The molecule has 21 heavy (non-hydrogen) atoms. The number of rotatable bonds is 3. The van der Waals surface area contributed by atoms with Crippen molar-refractivity contribution in [3.05, 3.63) is 69.8 Å². The predicted molar refractivity (Wildman–Crippen MR) is 80.3 cm³/mol. The van der Waals surface area contributed by atoms with Crippen LogP contribution in [0.1, 0.15) is 11.1 Å². The van der Waals surface area contributed by atoms with Crippen molar-refractivity contribution >= 4 is 11.4 Å². The van der Waals surface area contributed by atoms with E-state index in [4.69, 9.17) is 0 Å². The zero-order chi connectivity index (χ0) is 14.8. The van der Waals surface area contributed by atoms with E-state index < -0.39 is 4.92 Å². The molecule has 1 aliphatic heterocycles. The number of non-ortho nitro benzene ring substituents is 1. The fourth-order valence-electron chi connectivity index (χ4n) is 2.82. The van der Waals surface area contributed by atoms with Crippen LogP contribution >= 0.6 is 0 Å². The van der Waals surface area contributed by atoms with E-state index in [1.165, 1.54) is 23.3 Å². The number of hydrogen-bond acceptors (Lipinski definition) is 4. The summed E-state index contributed by atoms with van der Waals surface area (Å²) < 4.78 is 0. The first-order chi connectivity index (χ1) is 10.2. The van der Waals surface area contributed by atoms with Crippen molar-refractivity contribution in [3.8, 4) is 0 Å². The SMILES string of the molecule is O=[N+]([O-])c1ccc(N2Cc3ccccc3CC2CO)cc1. The molecule has 0 amide bonds. The molecule has 1 unspecified atom stereocenters. The van der Waals surface area contributed by atoms with Crippen LogP contribution in [0.4, 0.5) is 11.4 Å². The van der Waals surface area contributed by atoms with Crippen LogP contribution in [0.15, 0.2) is 48.5 Å². The van der Waals surface area contributed by atoms with Gasteiger partial charge in [-0.2, -0.15) is 0 Å². The van der Waals surface area contributed by atoms with Gasteiger partial charge in [0.05, 0.1) is 17.6 Å². The van der Waals surface area contributed by atoms with Crippen LogP contribution in [0, 0.1) is 10.1 Å². The summed E-state index contributed by atoms with van der Waals surface area (Å²) in [6.07, 6.45) is 0.781. The minimum atomic E-state index is -0.404. The molecule has 108 valence electrons. The number of nitro benzene ring substituents is 1. The first-order valence-electron chi connectivity index (χ1n) is 6.88. The molecule has 0 radical (unpaired) electrons. The highest BCUT2D eigenvalue weighted by atomic mass is 16.6. The van der Waals surface area contributed by atoms with Crippen LogP contribution in [0.3, 0.4) is 0 Å². The molecular weight excluding hydrogens is 268 g/mol. The fourth-order valence-corrected chi connectivity index (χ4v) is 2.82. The van der Waals surface area contributed by atoms with Gasteiger partial charge in [-0.1, -0.05) is 24.3 Å². The lowest BCUT2D eigenvalue weighted by Crippen LogP contribution is -2.42. The van der Waals surface area contributed by atoms with Gasteiger partial charge in [0.1, 0.15) is 0 Å². The Morgan fingerprint density at radius 1 is 1.14 bits per heavy atom. The Hall–Kier alpha value is -2.40. The zero-order valence-corrected chi connectivity index (χ0v) is 11.5. The van der Waals surface area contributed by atoms with Gasteiger partial charge in [0.2, 0.25) is 0 Å². The molecule has 0 spiro atoms. The summed E-state index contributed by atoms with van der Waals surface area (Å²) in [5, 5.41) is 20.4. The second-order valence-electron chi connectivity index (χ2n) is 5.21. The highest BCUT2D eigenvalue weighted by molar-refractivity contribution is 5.54. The van der Waals surface area contributed by atoms with Crippen molar-refractivity contribution in [2.45, 2.75) is 19.0 Å². The molecule has 0 bridgehead atoms. The van der Waals surface area contributed by atoms with Gasteiger partial charge in [-0.3, -0.25) is 10.1 Å². The zero-order valence-electron chi connectivity index (χ0n) is 11.5. The first kappa shape index (κ1) is 13.6. The summed E-state index contributed by atoms with van der Waals surface area (Å²) in [7, 11) is 0. The molecule has 0 fully saturated rings. The molecule has 5 nitrogen and oxygen atoms in total. The van der Waals surface area contributed by atoms with Gasteiger partial charge in [0.15, 0.2) is 0 Å². The van der Waals surface area contributed by atoms with Gasteiger partial charge in [0, 0.05) is 24.4 Å². The molecule has 3 rings (SSSR count).